The summed E-state index contributed by atoms with van der Waals surface area (Å²) in [5, 5.41) is 10.7. The van der Waals surface area contributed by atoms with Crippen molar-refractivity contribution in [3.05, 3.63) is 52.6 Å². The number of nitrogens with two attached hydrogens (primary N) is 1. The quantitative estimate of drug-likeness (QED) is 0.739. The van der Waals surface area contributed by atoms with Gasteiger partial charge in [0.15, 0.2) is 0 Å². The zero-order valence-electron chi connectivity index (χ0n) is 16.9. The normalized spacial score (nSPS) is 29.1. The van der Waals surface area contributed by atoms with E-state index in [2.05, 4.69) is 12.1 Å². The molecule has 2 N–H and O–H groups in total. The van der Waals surface area contributed by atoms with Crippen LogP contribution in [0.4, 0.5) is 8.78 Å². The Morgan fingerprint density at radius 2 is 1.97 bits per heavy atom. The Morgan fingerprint density at radius 3 is 2.63 bits per heavy atom. The van der Waals surface area contributed by atoms with E-state index < -0.39 is 17.1 Å². The molecule has 1 aliphatic heterocycles. The van der Waals surface area contributed by atoms with Crippen LogP contribution >= 0.6 is 0 Å². The number of hydroxylamine groups is 2. The highest BCUT2D eigenvalue weighted by atomic mass is 19.3. The molecule has 0 amide bonds. The number of benzene rings is 1. The minimum Gasteiger partial charge on any atom is -0.368 e. The molecule has 5 nitrogen and oxygen atoms in total. The molecule has 3 aliphatic carbocycles. The van der Waals surface area contributed by atoms with Gasteiger partial charge in [0.25, 0.3) is 0 Å². The van der Waals surface area contributed by atoms with Crippen LogP contribution in [0.3, 0.4) is 0 Å². The van der Waals surface area contributed by atoms with Gasteiger partial charge in [0.1, 0.15) is 0 Å². The monoisotopic (exact) mass is 410 g/mol. The van der Waals surface area contributed by atoms with E-state index in [-0.39, 0.29) is 18.8 Å². The molecule has 4 aliphatic rings. The number of rotatable bonds is 1. The van der Waals surface area contributed by atoms with Crippen LogP contribution in [0.25, 0.3) is 5.57 Å². The summed E-state index contributed by atoms with van der Waals surface area (Å²) in [6.07, 6.45) is 4.88. The molecule has 5 rings (SSSR count). The molecule has 156 valence electrons. The van der Waals surface area contributed by atoms with Crippen molar-refractivity contribution in [2.75, 3.05) is 7.05 Å². The van der Waals surface area contributed by atoms with E-state index in [1.165, 1.54) is 10.6 Å². The van der Waals surface area contributed by atoms with Crippen LogP contribution in [0.1, 0.15) is 56.1 Å². The molecular weight excluding hydrogens is 386 g/mol. The predicted octanol–water partition coefficient (Wildman–Crippen LogP) is 4.52. The first kappa shape index (κ1) is 19.3. The number of allylic oxidation sites excluding steroid dienone is 2. The van der Waals surface area contributed by atoms with E-state index in [1.54, 1.807) is 13.1 Å². The van der Waals surface area contributed by atoms with E-state index in [4.69, 9.17) is 15.6 Å². The lowest BCUT2D eigenvalue weighted by Crippen LogP contribution is -2.50. The summed E-state index contributed by atoms with van der Waals surface area (Å²) in [5.41, 5.74) is 9.46. The van der Waals surface area contributed by atoms with Crippen molar-refractivity contribution in [1.29, 1.82) is 5.26 Å². The first-order chi connectivity index (χ1) is 14.3. The average molecular weight is 410 g/mol. The largest absolute Gasteiger partial charge is 0.368 e. The number of nitrogens with zero attached hydrogens (tertiary/aromatic N) is 3. The van der Waals surface area contributed by atoms with Crippen molar-refractivity contribution >= 4 is 11.5 Å². The van der Waals surface area contributed by atoms with Crippen LogP contribution in [-0.4, -0.2) is 29.7 Å². The number of hydrogen-bond acceptors (Lipinski definition) is 5. The Hall–Kier alpha value is -2.72. The maximum atomic E-state index is 14.0. The molecule has 0 aromatic heterocycles. The Kier molecular flexibility index (Phi) is 4.10. The minimum atomic E-state index is -2.63. The maximum absolute atomic E-state index is 14.0. The van der Waals surface area contributed by atoms with Gasteiger partial charge in [-0.2, -0.15) is 5.26 Å². The second-order valence-electron chi connectivity index (χ2n) is 8.90. The van der Waals surface area contributed by atoms with Crippen LogP contribution in [0.5, 0.6) is 0 Å². The molecule has 0 radical (unpaired) electrons. The van der Waals surface area contributed by atoms with Gasteiger partial charge in [0.05, 0.1) is 11.6 Å². The first-order valence-electron chi connectivity index (χ1n) is 10.4. The molecule has 1 saturated carbocycles. The van der Waals surface area contributed by atoms with Gasteiger partial charge in [-0.15, -0.1) is 0 Å². The topological polar surface area (TPSA) is 74.6 Å². The average Bonchev–Trinajstić information content (AvgIpc) is 3.18. The van der Waals surface area contributed by atoms with E-state index in [9.17, 15) is 14.0 Å². The van der Waals surface area contributed by atoms with Crippen molar-refractivity contribution < 1.29 is 13.6 Å². The van der Waals surface area contributed by atoms with E-state index in [0.29, 0.717) is 24.8 Å². The molecule has 30 heavy (non-hydrogen) atoms. The van der Waals surface area contributed by atoms with Gasteiger partial charge in [-0.1, -0.05) is 23.8 Å². The lowest BCUT2D eigenvalue weighted by molar-refractivity contribution is -0.213. The molecular formula is C23H24F2N4O. The number of nitriles is 1. The fourth-order valence-corrected chi connectivity index (χ4v) is 5.55. The summed E-state index contributed by atoms with van der Waals surface area (Å²) in [7, 11) is 1.71. The van der Waals surface area contributed by atoms with Gasteiger partial charge in [-0.3, -0.25) is 0 Å². The predicted molar refractivity (Wildman–Crippen MR) is 109 cm³/mol. The van der Waals surface area contributed by atoms with Crippen molar-refractivity contribution in [1.82, 2.24) is 5.06 Å². The summed E-state index contributed by atoms with van der Waals surface area (Å²) in [6, 6.07) is 9.73. The number of guanidine groups is 1. The lowest BCUT2D eigenvalue weighted by atomic mass is 9.65. The number of halogens is 2. The molecule has 1 unspecified atom stereocenters. The Balaban J connectivity index is 1.60. The van der Waals surface area contributed by atoms with Crippen LogP contribution in [-0.2, 0) is 4.84 Å². The third-order valence-corrected chi connectivity index (χ3v) is 7.20. The Morgan fingerprint density at radius 1 is 1.20 bits per heavy atom. The third kappa shape index (κ3) is 2.70. The fraction of sp³-hybridized carbons (Fsp3) is 0.478. The third-order valence-electron chi connectivity index (χ3n) is 7.20. The van der Waals surface area contributed by atoms with E-state index in [1.807, 2.05) is 18.2 Å². The lowest BCUT2D eigenvalue weighted by Gasteiger charge is -2.45. The van der Waals surface area contributed by atoms with Crippen LogP contribution in [0.15, 0.2) is 46.5 Å². The SMILES string of the molecule is CN1OC2(N=C1N)C1=C(CCC(c3cccc(C#N)c3)=C1)CC21CCC(F)(F)CC1. The molecule has 2 spiro atoms. The first-order valence-corrected chi connectivity index (χ1v) is 10.4. The zero-order chi connectivity index (χ0) is 21.1. The molecule has 1 fully saturated rings. The number of alkyl halides is 2. The van der Waals surface area contributed by atoms with Crippen LogP contribution in [0, 0.1) is 16.7 Å². The number of aliphatic imine (C=N–C) groups is 1. The Bertz CT molecular complexity index is 1040. The molecule has 1 aromatic carbocycles. The van der Waals surface area contributed by atoms with Gasteiger partial charge in [0.2, 0.25) is 17.6 Å². The van der Waals surface area contributed by atoms with Gasteiger partial charge < -0.3 is 5.73 Å². The summed E-state index contributed by atoms with van der Waals surface area (Å²) >= 11 is 0. The molecule has 0 bridgehead atoms. The van der Waals surface area contributed by atoms with Gasteiger partial charge in [0, 0.05) is 30.9 Å². The Labute approximate surface area is 174 Å². The highest BCUT2D eigenvalue weighted by Gasteiger charge is 2.65. The van der Waals surface area contributed by atoms with Crippen molar-refractivity contribution in [3.63, 3.8) is 0 Å². The molecule has 0 saturated heterocycles. The van der Waals surface area contributed by atoms with E-state index >= 15 is 0 Å². The zero-order valence-corrected chi connectivity index (χ0v) is 16.9. The van der Waals surface area contributed by atoms with Crippen molar-refractivity contribution in [3.8, 4) is 6.07 Å². The summed E-state index contributed by atoms with van der Waals surface area (Å²) < 4.78 is 28.1. The second-order valence-corrected chi connectivity index (χ2v) is 8.90. The smallest absolute Gasteiger partial charge is 0.248 e. The highest BCUT2D eigenvalue weighted by molar-refractivity contribution is 5.81. The molecule has 7 heteroatoms. The van der Waals surface area contributed by atoms with Gasteiger partial charge in [-0.25, -0.2) is 23.7 Å². The highest BCUT2D eigenvalue weighted by Crippen LogP contribution is 2.64. The summed E-state index contributed by atoms with van der Waals surface area (Å²) in [4.78, 5) is 11.1. The summed E-state index contributed by atoms with van der Waals surface area (Å²) in [5.74, 6) is -2.36. The second kappa shape index (κ2) is 6.39. The van der Waals surface area contributed by atoms with Crippen molar-refractivity contribution in [2.45, 2.75) is 56.6 Å². The molecule has 1 aromatic rings. The number of fused-ring (bicyclic) bond motifs is 2. The molecule has 1 heterocycles. The van der Waals surface area contributed by atoms with Gasteiger partial charge >= 0.3 is 0 Å². The molecule has 1 atom stereocenters. The van der Waals surface area contributed by atoms with Crippen molar-refractivity contribution in [2.24, 2.45) is 16.1 Å². The maximum Gasteiger partial charge on any atom is 0.248 e. The van der Waals surface area contributed by atoms with Gasteiger partial charge in [-0.05, 0) is 55.4 Å². The van der Waals surface area contributed by atoms with Crippen LogP contribution < -0.4 is 5.73 Å². The van der Waals surface area contributed by atoms with Crippen LogP contribution in [0.2, 0.25) is 0 Å². The fourth-order valence-electron chi connectivity index (χ4n) is 5.55. The standard InChI is InChI=1S/C23H24F2N4O/c1-29-20(27)28-23(30-29)19-12-17(16-4-2-3-15(11-16)14-26)5-6-18(19)13-21(23)7-9-22(24,25)10-8-21/h2-4,11-12H,5-10,13H2,1H3,(H2,27,28). The van der Waals surface area contributed by atoms with E-state index in [0.717, 1.165) is 29.6 Å². The summed E-state index contributed by atoms with van der Waals surface area (Å²) in [6.45, 7) is 0. The number of hydrogen-bond donors (Lipinski definition) is 1. The minimum absolute atomic E-state index is 0.154.